The normalized spacial score (nSPS) is 13.1. The molecule has 3 aromatic carbocycles. The van der Waals surface area contributed by atoms with Crippen LogP contribution in [0.15, 0.2) is 71.8 Å². The fraction of sp³-hybridized carbons (Fsp3) is 0.0606. The zero-order valence-corrected chi connectivity index (χ0v) is 23.4. The third-order valence-corrected chi connectivity index (χ3v) is 9.51. The van der Waals surface area contributed by atoms with Gasteiger partial charge in [0.25, 0.3) is 0 Å². The first kappa shape index (κ1) is 25.8. The van der Waals surface area contributed by atoms with Crippen molar-refractivity contribution in [2.24, 2.45) is 0 Å². The second-order valence-electron chi connectivity index (χ2n) is 9.63. The van der Waals surface area contributed by atoms with E-state index in [1.54, 1.807) is 17.4 Å². The number of fused-ring (bicyclic) bond motifs is 4. The maximum absolute atomic E-state index is 13.6. The van der Waals surface area contributed by atoms with Crippen molar-refractivity contribution in [3.05, 3.63) is 98.9 Å². The van der Waals surface area contributed by atoms with Crippen LogP contribution in [0.3, 0.4) is 0 Å². The van der Waals surface area contributed by atoms with Gasteiger partial charge in [0.15, 0.2) is 5.78 Å². The highest BCUT2D eigenvalue weighted by Gasteiger charge is 2.34. The molecule has 2 heterocycles. The Balaban J connectivity index is 1.49. The second kappa shape index (κ2) is 9.91. The number of anilines is 1. The van der Waals surface area contributed by atoms with E-state index in [2.05, 4.69) is 47.4 Å². The van der Waals surface area contributed by atoms with E-state index in [1.165, 1.54) is 23.5 Å². The van der Waals surface area contributed by atoms with Gasteiger partial charge in [0.1, 0.15) is 29.8 Å². The topological polar surface area (TPSA) is 115 Å². The average Bonchev–Trinajstić information content (AvgIpc) is 3.68. The third kappa shape index (κ3) is 4.17. The molecule has 192 valence electrons. The monoisotopic (exact) mass is 563 g/mol. The number of thiophene rings is 2. The highest BCUT2D eigenvalue weighted by molar-refractivity contribution is 7.29. The van der Waals surface area contributed by atoms with Crippen molar-refractivity contribution >= 4 is 66.0 Å². The molecule has 1 aliphatic rings. The summed E-state index contributed by atoms with van der Waals surface area (Å²) in [5, 5.41) is 40.5. The van der Waals surface area contributed by atoms with Crippen molar-refractivity contribution in [3.63, 3.8) is 0 Å². The number of carbonyl (C=O) groups is 1. The molecule has 6 nitrogen and oxygen atoms in total. The maximum atomic E-state index is 13.6. The molecule has 41 heavy (non-hydrogen) atoms. The Morgan fingerprint density at radius 3 is 2.00 bits per heavy atom. The SMILES string of the molecule is CN(C)c1ccc(-c2cc3ccc4cc(/C=C5\C(=O)c6cc(C#N)c(C#N)cc6C5=C(C#N)C#N)sc4c3s2)cc1. The van der Waals surface area contributed by atoms with Gasteiger partial charge in [-0.3, -0.25) is 4.79 Å². The minimum absolute atomic E-state index is 0.0739. The van der Waals surface area contributed by atoms with Gasteiger partial charge in [0.05, 0.1) is 20.5 Å². The Bertz CT molecular complexity index is 2170. The zero-order chi connectivity index (χ0) is 28.8. The summed E-state index contributed by atoms with van der Waals surface area (Å²) in [6.45, 7) is 0. The van der Waals surface area contributed by atoms with Crippen molar-refractivity contribution in [2.75, 3.05) is 19.0 Å². The third-order valence-electron chi connectivity index (χ3n) is 7.04. The van der Waals surface area contributed by atoms with E-state index in [9.17, 15) is 25.8 Å². The number of hydrogen-bond donors (Lipinski definition) is 0. The molecule has 0 spiro atoms. The highest BCUT2D eigenvalue weighted by Crippen LogP contribution is 2.44. The Labute approximate surface area is 243 Å². The predicted octanol–water partition coefficient (Wildman–Crippen LogP) is 7.67. The van der Waals surface area contributed by atoms with Crippen LogP contribution in [-0.4, -0.2) is 19.9 Å². The minimum atomic E-state index is -0.388. The van der Waals surface area contributed by atoms with E-state index in [1.807, 2.05) is 44.4 Å². The Kier molecular flexibility index (Phi) is 6.22. The average molecular weight is 564 g/mol. The number of hydrogen-bond acceptors (Lipinski definition) is 8. The standard InChI is InChI=1S/C33H17N5OS2/c1-38(2)24-7-5-18(6-8-24)29-12-20-4-3-19-9-25(40-32(19)33(20)41-29)13-28-30(23(16-36)17-37)26-10-21(14-34)22(15-35)11-27(26)31(28)39/h3-13H,1-2H3/b28-13-. The molecule has 6 rings (SSSR count). The number of carbonyl (C=O) groups excluding carboxylic acids is 1. The van der Waals surface area contributed by atoms with Crippen LogP contribution in [0.5, 0.6) is 0 Å². The molecule has 0 amide bonds. The van der Waals surface area contributed by atoms with Crippen molar-refractivity contribution < 1.29 is 4.79 Å². The van der Waals surface area contributed by atoms with Crippen LogP contribution in [0.4, 0.5) is 5.69 Å². The lowest BCUT2D eigenvalue weighted by atomic mass is 9.96. The summed E-state index contributed by atoms with van der Waals surface area (Å²) in [7, 11) is 4.03. The zero-order valence-electron chi connectivity index (χ0n) is 21.8. The van der Waals surface area contributed by atoms with Gasteiger partial charge in [0, 0.05) is 46.2 Å². The molecule has 0 saturated heterocycles. The van der Waals surface area contributed by atoms with Crippen LogP contribution in [0, 0.1) is 45.3 Å². The van der Waals surface area contributed by atoms with Crippen LogP contribution in [0.2, 0.25) is 0 Å². The molecule has 5 aromatic rings. The van der Waals surface area contributed by atoms with Crippen molar-refractivity contribution in [1.82, 2.24) is 0 Å². The summed E-state index contributed by atoms with van der Waals surface area (Å²) in [4.78, 5) is 17.6. The quantitative estimate of drug-likeness (QED) is 0.164. The second-order valence-corrected chi connectivity index (χ2v) is 11.8. The van der Waals surface area contributed by atoms with Crippen LogP contribution < -0.4 is 4.90 Å². The maximum Gasteiger partial charge on any atom is 0.194 e. The molecule has 0 aliphatic heterocycles. The summed E-state index contributed by atoms with van der Waals surface area (Å²) >= 11 is 3.25. The number of nitrogens with zero attached hydrogens (tertiary/aromatic N) is 5. The lowest BCUT2D eigenvalue weighted by Gasteiger charge is -2.12. The first-order valence-corrected chi connectivity index (χ1v) is 14.0. The lowest BCUT2D eigenvalue weighted by molar-refractivity contribution is 0.104. The van der Waals surface area contributed by atoms with Gasteiger partial charge in [0.2, 0.25) is 0 Å². The molecule has 0 atom stereocenters. The number of rotatable bonds is 3. The number of allylic oxidation sites excluding steroid dienone is 3. The fourth-order valence-corrected chi connectivity index (χ4v) is 7.44. The summed E-state index contributed by atoms with van der Waals surface area (Å²) in [6, 6.07) is 27.3. The molecular formula is C33H17N5OS2. The van der Waals surface area contributed by atoms with E-state index < -0.39 is 0 Å². The fourth-order valence-electron chi connectivity index (χ4n) is 5.02. The van der Waals surface area contributed by atoms with Crippen LogP contribution >= 0.6 is 22.7 Å². The molecule has 0 unspecified atom stereocenters. The molecule has 0 fully saturated rings. The van der Waals surface area contributed by atoms with Gasteiger partial charge in [-0.2, -0.15) is 21.0 Å². The van der Waals surface area contributed by atoms with Crippen LogP contribution in [0.1, 0.15) is 31.9 Å². The van der Waals surface area contributed by atoms with E-state index in [0.717, 1.165) is 41.2 Å². The predicted molar refractivity (Wildman–Crippen MR) is 163 cm³/mol. The van der Waals surface area contributed by atoms with E-state index in [-0.39, 0.29) is 39.2 Å². The highest BCUT2D eigenvalue weighted by atomic mass is 32.1. The number of nitriles is 4. The van der Waals surface area contributed by atoms with Crippen molar-refractivity contribution in [2.45, 2.75) is 0 Å². The summed E-state index contributed by atoms with van der Waals surface area (Å²) in [5.41, 5.74) is 3.13. The molecule has 1 aliphatic carbocycles. The Hall–Kier alpha value is -5.51. The summed E-state index contributed by atoms with van der Waals surface area (Å²) < 4.78 is 2.23. The molecule has 8 heteroatoms. The molecule has 0 N–H and O–H groups in total. The van der Waals surface area contributed by atoms with E-state index in [4.69, 9.17) is 0 Å². The van der Waals surface area contributed by atoms with Gasteiger partial charge >= 0.3 is 0 Å². The molecule has 0 saturated carbocycles. The Morgan fingerprint density at radius 1 is 0.780 bits per heavy atom. The number of benzene rings is 3. The van der Waals surface area contributed by atoms with Crippen LogP contribution in [0.25, 0.3) is 42.3 Å². The van der Waals surface area contributed by atoms with Gasteiger partial charge in [-0.05, 0) is 64.4 Å². The van der Waals surface area contributed by atoms with Gasteiger partial charge in [-0.15, -0.1) is 22.7 Å². The van der Waals surface area contributed by atoms with Gasteiger partial charge in [-0.1, -0.05) is 24.3 Å². The van der Waals surface area contributed by atoms with Crippen molar-refractivity contribution in [1.29, 1.82) is 21.0 Å². The van der Waals surface area contributed by atoms with Gasteiger partial charge < -0.3 is 4.90 Å². The minimum Gasteiger partial charge on any atom is -0.378 e. The largest absolute Gasteiger partial charge is 0.378 e. The van der Waals surface area contributed by atoms with Gasteiger partial charge in [-0.25, -0.2) is 0 Å². The molecule has 0 radical (unpaired) electrons. The first-order chi connectivity index (χ1) is 19.9. The van der Waals surface area contributed by atoms with E-state index >= 15 is 0 Å². The number of Topliss-reactive ketones (excluding diaryl/α,β-unsaturated/α-hetero) is 1. The molecule has 0 bridgehead atoms. The van der Waals surface area contributed by atoms with E-state index in [0.29, 0.717) is 5.56 Å². The first-order valence-electron chi connectivity index (χ1n) is 12.4. The smallest absolute Gasteiger partial charge is 0.194 e. The lowest BCUT2D eigenvalue weighted by Crippen LogP contribution is -2.07. The van der Waals surface area contributed by atoms with Crippen LogP contribution in [-0.2, 0) is 0 Å². The summed E-state index contributed by atoms with van der Waals surface area (Å²) in [5.74, 6) is -0.388. The molecule has 2 aromatic heterocycles. The summed E-state index contributed by atoms with van der Waals surface area (Å²) in [6.07, 6.45) is 1.70. The Morgan fingerprint density at radius 2 is 1.39 bits per heavy atom. The number of ketones is 1. The molecular weight excluding hydrogens is 547 g/mol. The van der Waals surface area contributed by atoms with Crippen molar-refractivity contribution in [3.8, 4) is 34.7 Å².